The van der Waals surface area contributed by atoms with E-state index in [1.807, 2.05) is 18.2 Å². The number of thioether (sulfide) groups is 1. The van der Waals surface area contributed by atoms with E-state index in [1.54, 1.807) is 18.9 Å². The Morgan fingerprint density at radius 1 is 1.54 bits per heavy atom. The molecular formula is C10H12O2S. The zero-order chi connectivity index (χ0) is 9.26. The van der Waals surface area contributed by atoms with Crippen LogP contribution in [0.5, 0.6) is 5.75 Å². The minimum atomic E-state index is -0.314. The Morgan fingerprint density at radius 2 is 2.38 bits per heavy atom. The van der Waals surface area contributed by atoms with Crippen LogP contribution in [0.25, 0.3) is 0 Å². The number of ether oxygens (including phenoxy) is 1. The third kappa shape index (κ3) is 1.54. The third-order valence-corrected chi connectivity index (χ3v) is 3.39. The molecule has 1 aromatic carbocycles. The monoisotopic (exact) mass is 196 g/mol. The van der Waals surface area contributed by atoms with Crippen molar-refractivity contribution in [3.63, 3.8) is 0 Å². The van der Waals surface area contributed by atoms with Crippen LogP contribution in [-0.4, -0.2) is 18.0 Å². The van der Waals surface area contributed by atoms with Crippen molar-refractivity contribution in [3.05, 3.63) is 23.8 Å². The van der Waals surface area contributed by atoms with Crippen LogP contribution in [0.15, 0.2) is 23.1 Å². The Hall–Kier alpha value is -0.670. The molecule has 1 atom stereocenters. The minimum absolute atomic E-state index is 0.314. The highest BCUT2D eigenvalue weighted by Gasteiger charge is 2.20. The molecule has 1 N–H and O–H groups in total. The van der Waals surface area contributed by atoms with Crippen molar-refractivity contribution in [2.45, 2.75) is 17.4 Å². The van der Waals surface area contributed by atoms with E-state index in [1.165, 1.54) is 0 Å². The lowest BCUT2D eigenvalue weighted by atomic mass is 10.1. The number of methoxy groups -OCH3 is 1. The van der Waals surface area contributed by atoms with Gasteiger partial charge < -0.3 is 9.84 Å². The van der Waals surface area contributed by atoms with Crippen molar-refractivity contribution in [2.24, 2.45) is 0 Å². The topological polar surface area (TPSA) is 29.5 Å². The average Bonchev–Trinajstić information content (AvgIpc) is 2.18. The van der Waals surface area contributed by atoms with Gasteiger partial charge in [-0.15, -0.1) is 11.8 Å². The molecule has 0 spiro atoms. The summed E-state index contributed by atoms with van der Waals surface area (Å²) in [5, 5.41) is 9.71. The van der Waals surface area contributed by atoms with Crippen molar-refractivity contribution in [1.82, 2.24) is 0 Å². The molecule has 1 unspecified atom stereocenters. The van der Waals surface area contributed by atoms with Crippen LogP contribution in [-0.2, 0) is 0 Å². The molecule has 0 saturated carbocycles. The summed E-state index contributed by atoms with van der Waals surface area (Å²) in [5.41, 5.74) is 1.01. The zero-order valence-electron chi connectivity index (χ0n) is 7.49. The van der Waals surface area contributed by atoms with E-state index in [0.717, 1.165) is 28.4 Å². The van der Waals surface area contributed by atoms with E-state index in [-0.39, 0.29) is 6.10 Å². The number of aliphatic hydroxyl groups excluding tert-OH is 1. The Morgan fingerprint density at radius 3 is 3.15 bits per heavy atom. The summed E-state index contributed by atoms with van der Waals surface area (Å²) in [6, 6.07) is 5.82. The highest BCUT2D eigenvalue weighted by molar-refractivity contribution is 7.99. The number of hydrogen-bond donors (Lipinski definition) is 1. The Balaban J connectivity index is 2.48. The van der Waals surface area contributed by atoms with Gasteiger partial charge in [0, 0.05) is 5.75 Å². The molecule has 1 heterocycles. The van der Waals surface area contributed by atoms with E-state index < -0.39 is 0 Å². The Kier molecular flexibility index (Phi) is 2.47. The van der Waals surface area contributed by atoms with Crippen LogP contribution in [0.3, 0.4) is 0 Å². The fraction of sp³-hybridized carbons (Fsp3) is 0.400. The largest absolute Gasteiger partial charge is 0.496 e. The van der Waals surface area contributed by atoms with Crippen LogP contribution in [0, 0.1) is 0 Å². The maximum absolute atomic E-state index is 9.71. The van der Waals surface area contributed by atoms with Gasteiger partial charge in [-0.3, -0.25) is 0 Å². The van der Waals surface area contributed by atoms with Gasteiger partial charge in [-0.1, -0.05) is 12.1 Å². The average molecular weight is 196 g/mol. The molecular weight excluding hydrogens is 184 g/mol. The first-order valence-corrected chi connectivity index (χ1v) is 5.29. The van der Waals surface area contributed by atoms with Crippen LogP contribution in [0.4, 0.5) is 0 Å². The second-order valence-corrected chi connectivity index (χ2v) is 4.14. The predicted octanol–water partition coefficient (Wildman–Crippen LogP) is 2.22. The van der Waals surface area contributed by atoms with Crippen LogP contribution < -0.4 is 4.74 Å². The first-order chi connectivity index (χ1) is 6.33. The molecule has 2 nitrogen and oxygen atoms in total. The van der Waals surface area contributed by atoms with Gasteiger partial charge in [0.2, 0.25) is 0 Å². The summed E-state index contributed by atoms with van der Waals surface area (Å²) in [6.45, 7) is 0. The highest BCUT2D eigenvalue weighted by atomic mass is 32.2. The summed E-state index contributed by atoms with van der Waals surface area (Å²) < 4.78 is 5.23. The quantitative estimate of drug-likeness (QED) is 0.747. The van der Waals surface area contributed by atoms with Gasteiger partial charge in [0.25, 0.3) is 0 Å². The number of hydrogen-bond acceptors (Lipinski definition) is 3. The summed E-state index contributed by atoms with van der Waals surface area (Å²) in [5.74, 6) is 1.84. The van der Waals surface area contributed by atoms with Crippen LogP contribution in [0.1, 0.15) is 18.1 Å². The van der Waals surface area contributed by atoms with E-state index >= 15 is 0 Å². The zero-order valence-corrected chi connectivity index (χ0v) is 8.30. The lowest BCUT2D eigenvalue weighted by Gasteiger charge is -2.22. The van der Waals surface area contributed by atoms with Crippen molar-refractivity contribution in [3.8, 4) is 5.75 Å². The van der Waals surface area contributed by atoms with Gasteiger partial charge in [-0.2, -0.15) is 0 Å². The van der Waals surface area contributed by atoms with Gasteiger partial charge in [0.15, 0.2) is 0 Å². The molecule has 3 heteroatoms. The second-order valence-electron chi connectivity index (χ2n) is 3.03. The summed E-state index contributed by atoms with van der Waals surface area (Å²) in [7, 11) is 1.66. The van der Waals surface area contributed by atoms with E-state index in [0.29, 0.717) is 0 Å². The molecule has 0 radical (unpaired) electrons. The van der Waals surface area contributed by atoms with Crippen LogP contribution >= 0.6 is 11.8 Å². The maximum Gasteiger partial charge on any atom is 0.132 e. The van der Waals surface area contributed by atoms with Crippen LogP contribution in [0.2, 0.25) is 0 Å². The molecule has 1 aliphatic rings. The molecule has 1 aromatic rings. The second kappa shape index (κ2) is 3.60. The lowest BCUT2D eigenvalue weighted by molar-refractivity contribution is 0.169. The van der Waals surface area contributed by atoms with Gasteiger partial charge in [0.05, 0.1) is 18.1 Å². The minimum Gasteiger partial charge on any atom is -0.496 e. The summed E-state index contributed by atoms with van der Waals surface area (Å²) in [4.78, 5) is 1.10. The normalized spacial score (nSPS) is 20.9. The van der Waals surface area contributed by atoms with Gasteiger partial charge in [-0.05, 0) is 18.1 Å². The van der Waals surface area contributed by atoms with Gasteiger partial charge >= 0.3 is 0 Å². The Bertz CT molecular complexity index is 312. The highest BCUT2D eigenvalue weighted by Crippen LogP contribution is 2.41. The molecule has 0 amide bonds. The number of fused-ring (bicyclic) bond motifs is 1. The van der Waals surface area contributed by atoms with Crippen molar-refractivity contribution in [1.29, 1.82) is 0 Å². The van der Waals surface area contributed by atoms with Crippen molar-refractivity contribution >= 4 is 11.8 Å². The molecule has 1 aliphatic heterocycles. The van der Waals surface area contributed by atoms with E-state index in [2.05, 4.69) is 0 Å². The van der Waals surface area contributed by atoms with Gasteiger partial charge in [0.1, 0.15) is 5.75 Å². The molecule has 13 heavy (non-hydrogen) atoms. The summed E-state index contributed by atoms with van der Waals surface area (Å²) in [6.07, 6.45) is 0.525. The van der Waals surface area contributed by atoms with E-state index in [9.17, 15) is 5.11 Å². The van der Waals surface area contributed by atoms with Crippen molar-refractivity contribution < 1.29 is 9.84 Å². The van der Waals surface area contributed by atoms with E-state index in [4.69, 9.17) is 4.74 Å². The smallest absolute Gasteiger partial charge is 0.132 e. The standard InChI is InChI=1S/C10H12O2S/c1-12-9-4-2-3-7-8(11)5-6-13-10(7)9/h2-4,8,11H,5-6H2,1H3. The summed E-state index contributed by atoms with van der Waals surface area (Å²) >= 11 is 1.76. The fourth-order valence-corrected chi connectivity index (χ4v) is 2.75. The fourth-order valence-electron chi connectivity index (χ4n) is 1.54. The molecule has 70 valence electrons. The van der Waals surface area contributed by atoms with Crippen molar-refractivity contribution in [2.75, 3.05) is 12.9 Å². The first-order valence-electron chi connectivity index (χ1n) is 4.30. The maximum atomic E-state index is 9.71. The molecule has 0 aliphatic carbocycles. The number of rotatable bonds is 1. The first kappa shape index (κ1) is 8.91. The SMILES string of the molecule is COc1cccc2c1SCCC2O. The lowest BCUT2D eigenvalue weighted by Crippen LogP contribution is -2.07. The van der Waals surface area contributed by atoms with Gasteiger partial charge in [-0.25, -0.2) is 0 Å². The number of benzene rings is 1. The molecule has 0 fully saturated rings. The third-order valence-electron chi connectivity index (χ3n) is 2.23. The molecule has 0 saturated heterocycles. The Labute approximate surface area is 81.9 Å². The predicted molar refractivity (Wildman–Crippen MR) is 53.3 cm³/mol. The number of aliphatic hydroxyl groups is 1. The molecule has 0 aromatic heterocycles. The molecule has 2 rings (SSSR count). The molecule has 0 bridgehead atoms.